The summed E-state index contributed by atoms with van der Waals surface area (Å²) < 4.78 is 35.5. The van der Waals surface area contributed by atoms with Crippen LogP contribution in [0.5, 0.6) is 5.75 Å². The third-order valence-electron chi connectivity index (χ3n) is 4.73. The average molecular weight is 381 g/mol. The van der Waals surface area contributed by atoms with Crippen LogP contribution in [0.1, 0.15) is 18.5 Å². The molecule has 0 saturated carbocycles. The Morgan fingerprint density at radius 2 is 1.96 bits per heavy atom. The first kappa shape index (κ1) is 19.1. The fourth-order valence-corrected chi connectivity index (χ4v) is 3.20. The normalized spacial score (nSPS) is 20.8. The first-order valence-electron chi connectivity index (χ1n) is 8.56. The number of rotatable bonds is 4. The summed E-state index contributed by atoms with van der Waals surface area (Å²) in [5, 5.41) is 2.72. The van der Waals surface area contributed by atoms with Crippen molar-refractivity contribution in [2.75, 3.05) is 33.4 Å². The van der Waals surface area contributed by atoms with Gasteiger partial charge in [-0.3, -0.25) is 4.79 Å². The SMILES string of the molecule is CC1=C(C(=O)N2CCOCC2)C(c2ccccc2OC(F)F)NC(=O)N1C. The van der Waals surface area contributed by atoms with E-state index in [0.717, 1.165) is 0 Å². The number of hydrogen-bond donors (Lipinski definition) is 1. The van der Waals surface area contributed by atoms with Crippen LogP contribution in [0, 0.1) is 0 Å². The van der Waals surface area contributed by atoms with Gasteiger partial charge in [-0.15, -0.1) is 0 Å². The minimum atomic E-state index is -3.02. The van der Waals surface area contributed by atoms with Gasteiger partial charge < -0.3 is 24.6 Å². The van der Waals surface area contributed by atoms with Crippen molar-refractivity contribution < 1.29 is 27.8 Å². The van der Waals surface area contributed by atoms with Gasteiger partial charge in [0, 0.05) is 31.4 Å². The van der Waals surface area contributed by atoms with Gasteiger partial charge >= 0.3 is 12.6 Å². The molecule has 1 fully saturated rings. The molecule has 0 radical (unpaired) electrons. The number of nitrogens with zero attached hydrogens (tertiary/aromatic N) is 2. The lowest BCUT2D eigenvalue weighted by Crippen LogP contribution is -2.50. The van der Waals surface area contributed by atoms with Gasteiger partial charge in [0.15, 0.2) is 0 Å². The largest absolute Gasteiger partial charge is 0.434 e. The minimum Gasteiger partial charge on any atom is -0.434 e. The highest BCUT2D eigenvalue weighted by Gasteiger charge is 2.37. The molecular formula is C18H21F2N3O4. The second-order valence-corrected chi connectivity index (χ2v) is 6.26. The summed E-state index contributed by atoms with van der Waals surface area (Å²) >= 11 is 0. The van der Waals surface area contributed by atoms with Crippen LogP contribution in [0.25, 0.3) is 0 Å². The van der Waals surface area contributed by atoms with Crippen molar-refractivity contribution in [3.05, 3.63) is 41.1 Å². The molecule has 0 spiro atoms. The van der Waals surface area contributed by atoms with Crippen molar-refractivity contribution in [1.29, 1.82) is 0 Å². The van der Waals surface area contributed by atoms with Crippen LogP contribution in [-0.4, -0.2) is 61.7 Å². The van der Waals surface area contributed by atoms with E-state index in [1.807, 2.05) is 0 Å². The lowest BCUT2D eigenvalue weighted by molar-refractivity contribution is -0.131. The molecule has 27 heavy (non-hydrogen) atoms. The number of halogens is 2. The van der Waals surface area contributed by atoms with Gasteiger partial charge in [0.2, 0.25) is 0 Å². The number of urea groups is 1. The number of amides is 3. The van der Waals surface area contributed by atoms with Crippen molar-refractivity contribution in [3.63, 3.8) is 0 Å². The number of para-hydroxylation sites is 1. The number of ether oxygens (including phenoxy) is 2. The maximum absolute atomic E-state index is 13.2. The zero-order valence-corrected chi connectivity index (χ0v) is 15.1. The highest BCUT2D eigenvalue weighted by molar-refractivity contribution is 5.98. The zero-order valence-electron chi connectivity index (χ0n) is 15.1. The molecule has 1 aromatic carbocycles. The highest BCUT2D eigenvalue weighted by atomic mass is 19.3. The summed E-state index contributed by atoms with van der Waals surface area (Å²) in [5.74, 6) is -0.345. The zero-order chi connectivity index (χ0) is 19.6. The highest BCUT2D eigenvalue weighted by Crippen LogP contribution is 2.36. The molecule has 0 aromatic heterocycles. The van der Waals surface area contributed by atoms with Crippen LogP contribution in [-0.2, 0) is 9.53 Å². The molecule has 1 N–H and O–H groups in total. The molecule has 9 heteroatoms. The minimum absolute atomic E-state index is 0.0811. The lowest BCUT2D eigenvalue weighted by atomic mass is 9.93. The molecule has 1 unspecified atom stereocenters. The Bertz CT molecular complexity index is 763. The van der Waals surface area contributed by atoms with Gasteiger partial charge in [0.1, 0.15) is 5.75 Å². The molecule has 2 heterocycles. The standard InChI is InChI=1S/C18H21F2N3O4/c1-11-14(16(24)23-7-9-26-10-8-23)15(21-18(25)22(11)2)12-5-3-4-6-13(12)27-17(19)20/h3-6,15,17H,7-10H2,1-2H3,(H,21,25). The average Bonchev–Trinajstić information content (AvgIpc) is 2.66. The molecule has 2 aliphatic rings. The Morgan fingerprint density at radius 3 is 2.63 bits per heavy atom. The van der Waals surface area contributed by atoms with Crippen LogP contribution in [0.3, 0.4) is 0 Å². The lowest BCUT2D eigenvalue weighted by Gasteiger charge is -2.37. The van der Waals surface area contributed by atoms with Crippen molar-refractivity contribution >= 4 is 11.9 Å². The summed E-state index contributed by atoms with van der Waals surface area (Å²) in [6, 6.07) is 4.83. The van der Waals surface area contributed by atoms with E-state index in [9.17, 15) is 18.4 Å². The summed E-state index contributed by atoms with van der Waals surface area (Å²) in [4.78, 5) is 28.5. The van der Waals surface area contributed by atoms with E-state index in [4.69, 9.17) is 4.74 Å². The van der Waals surface area contributed by atoms with Crippen LogP contribution < -0.4 is 10.1 Å². The van der Waals surface area contributed by atoms with E-state index in [1.165, 1.54) is 11.0 Å². The van der Waals surface area contributed by atoms with Crippen LogP contribution in [0.4, 0.5) is 13.6 Å². The monoisotopic (exact) mass is 381 g/mol. The van der Waals surface area contributed by atoms with E-state index >= 15 is 0 Å². The number of nitrogens with one attached hydrogen (secondary N) is 1. The Kier molecular flexibility index (Phi) is 5.59. The van der Waals surface area contributed by atoms with Gasteiger partial charge in [0.05, 0.1) is 24.8 Å². The fraction of sp³-hybridized carbons (Fsp3) is 0.444. The molecule has 1 saturated heterocycles. The van der Waals surface area contributed by atoms with Crippen molar-refractivity contribution in [2.45, 2.75) is 19.6 Å². The number of carbonyl (C=O) groups excluding carboxylic acids is 2. The molecule has 1 aromatic rings. The van der Waals surface area contributed by atoms with Gasteiger partial charge in [-0.25, -0.2) is 4.79 Å². The number of allylic oxidation sites excluding steroid dienone is 1. The third-order valence-corrected chi connectivity index (χ3v) is 4.73. The third kappa shape index (κ3) is 3.87. The van der Waals surface area contributed by atoms with Gasteiger partial charge in [-0.05, 0) is 13.0 Å². The Labute approximate surface area is 155 Å². The quantitative estimate of drug-likeness (QED) is 0.867. The predicted molar refractivity (Wildman–Crippen MR) is 92.2 cm³/mol. The van der Waals surface area contributed by atoms with E-state index in [0.29, 0.717) is 43.1 Å². The predicted octanol–water partition coefficient (Wildman–Crippen LogP) is 2.12. The van der Waals surface area contributed by atoms with Crippen LogP contribution in [0.15, 0.2) is 35.5 Å². The molecule has 2 aliphatic heterocycles. The first-order chi connectivity index (χ1) is 12.9. The first-order valence-corrected chi connectivity index (χ1v) is 8.56. The van der Waals surface area contributed by atoms with Gasteiger partial charge in [0.25, 0.3) is 5.91 Å². The van der Waals surface area contributed by atoms with Crippen molar-refractivity contribution in [2.24, 2.45) is 0 Å². The number of alkyl halides is 2. The second kappa shape index (κ2) is 7.91. The Hall–Kier alpha value is -2.68. The van der Waals surface area contributed by atoms with Gasteiger partial charge in [-0.2, -0.15) is 8.78 Å². The molecular weight excluding hydrogens is 360 g/mol. The summed E-state index contributed by atoms with van der Waals surface area (Å²) in [6.07, 6.45) is 0. The summed E-state index contributed by atoms with van der Waals surface area (Å²) in [5.41, 5.74) is 1.09. The molecule has 1 atom stereocenters. The molecule has 0 bridgehead atoms. The smallest absolute Gasteiger partial charge is 0.387 e. The Balaban J connectivity index is 2.04. The van der Waals surface area contributed by atoms with Crippen LogP contribution >= 0.6 is 0 Å². The Morgan fingerprint density at radius 1 is 1.30 bits per heavy atom. The van der Waals surface area contributed by atoms with E-state index < -0.39 is 18.7 Å². The van der Waals surface area contributed by atoms with Gasteiger partial charge in [-0.1, -0.05) is 18.2 Å². The number of hydrogen-bond acceptors (Lipinski definition) is 4. The fourth-order valence-electron chi connectivity index (χ4n) is 3.20. The second-order valence-electron chi connectivity index (χ2n) is 6.26. The maximum Gasteiger partial charge on any atom is 0.387 e. The molecule has 3 amide bonds. The van der Waals surface area contributed by atoms with Crippen molar-refractivity contribution in [1.82, 2.24) is 15.1 Å². The topological polar surface area (TPSA) is 71.1 Å². The number of carbonyl (C=O) groups is 2. The van der Waals surface area contributed by atoms with Crippen molar-refractivity contribution in [3.8, 4) is 5.75 Å². The van der Waals surface area contributed by atoms with E-state index in [-0.39, 0.29) is 11.7 Å². The molecule has 0 aliphatic carbocycles. The maximum atomic E-state index is 13.2. The van der Waals surface area contributed by atoms with Crippen LogP contribution in [0.2, 0.25) is 0 Å². The number of morpholine rings is 1. The molecule has 146 valence electrons. The number of benzene rings is 1. The molecule has 7 nitrogen and oxygen atoms in total. The molecule has 3 rings (SSSR count). The summed E-state index contributed by atoms with van der Waals surface area (Å²) in [6.45, 7) is 0.350. The van der Waals surface area contributed by atoms with E-state index in [2.05, 4.69) is 10.1 Å². The van der Waals surface area contributed by atoms with E-state index in [1.54, 1.807) is 37.1 Å². The summed E-state index contributed by atoms with van der Waals surface area (Å²) in [7, 11) is 1.55.